The maximum Gasteiger partial charge on any atom is 0.340 e. The van der Waals surface area contributed by atoms with Gasteiger partial charge in [0.25, 0.3) is 0 Å². The van der Waals surface area contributed by atoms with E-state index < -0.39 is 0 Å². The van der Waals surface area contributed by atoms with Gasteiger partial charge in [0.2, 0.25) is 0 Å². The summed E-state index contributed by atoms with van der Waals surface area (Å²) in [6.45, 7) is 5.82. The van der Waals surface area contributed by atoms with E-state index >= 15 is 0 Å². The molecule has 0 fully saturated rings. The highest BCUT2D eigenvalue weighted by Gasteiger charge is 2.18. The molecule has 0 amide bonds. The number of hydrogen-bond acceptors (Lipinski definition) is 4. The van der Waals surface area contributed by atoms with Crippen LogP contribution in [0, 0.1) is 0 Å². The summed E-state index contributed by atoms with van der Waals surface area (Å²) in [5.74, 6) is -0.346. The van der Waals surface area contributed by atoms with Crippen molar-refractivity contribution in [1.29, 1.82) is 0 Å². The van der Waals surface area contributed by atoms with Crippen molar-refractivity contribution >= 4 is 17.3 Å². The summed E-state index contributed by atoms with van der Waals surface area (Å²) < 4.78 is 4.78. The fourth-order valence-electron chi connectivity index (χ4n) is 1.89. The van der Waals surface area contributed by atoms with Crippen molar-refractivity contribution in [2.75, 3.05) is 30.8 Å². The Morgan fingerprint density at radius 2 is 2.12 bits per heavy atom. The standard InChI is InChI=1S/C13H20N2O2/c1-4-9-15(5-2)12-10(13(16)17-3)7-6-8-11(12)14/h6-8H,4-5,9,14H2,1-3H3. The van der Waals surface area contributed by atoms with Gasteiger partial charge in [-0.3, -0.25) is 0 Å². The largest absolute Gasteiger partial charge is 0.465 e. The van der Waals surface area contributed by atoms with Gasteiger partial charge in [-0.2, -0.15) is 0 Å². The highest BCUT2D eigenvalue weighted by molar-refractivity contribution is 5.99. The van der Waals surface area contributed by atoms with E-state index in [4.69, 9.17) is 10.5 Å². The normalized spacial score (nSPS) is 10.1. The number of nitrogens with two attached hydrogens (primary N) is 1. The Balaban J connectivity index is 3.22. The van der Waals surface area contributed by atoms with Gasteiger partial charge in [-0.15, -0.1) is 0 Å². The Bertz CT molecular complexity index is 391. The number of carbonyl (C=O) groups excluding carboxylic acids is 1. The lowest BCUT2D eigenvalue weighted by molar-refractivity contribution is 0.0601. The molecule has 0 spiro atoms. The molecule has 0 saturated carbocycles. The van der Waals surface area contributed by atoms with E-state index in [1.807, 2.05) is 6.92 Å². The van der Waals surface area contributed by atoms with Crippen LogP contribution in [0.15, 0.2) is 18.2 Å². The van der Waals surface area contributed by atoms with E-state index in [1.165, 1.54) is 7.11 Å². The lowest BCUT2D eigenvalue weighted by Crippen LogP contribution is -2.26. The molecule has 2 N–H and O–H groups in total. The first-order valence-electron chi connectivity index (χ1n) is 5.87. The molecule has 0 aromatic heterocycles. The van der Waals surface area contributed by atoms with Crippen LogP contribution in [0.3, 0.4) is 0 Å². The van der Waals surface area contributed by atoms with Crippen LogP contribution in [0.2, 0.25) is 0 Å². The first kappa shape index (κ1) is 13.4. The van der Waals surface area contributed by atoms with E-state index in [2.05, 4.69) is 11.8 Å². The van der Waals surface area contributed by atoms with Gasteiger partial charge in [0.15, 0.2) is 0 Å². The monoisotopic (exact) mass is 236 g/mol. The smallest absolute Gasteiger partial charge is 0.340 e. The first-order valence-corrected chi connectivity index (χ1v) is 5.87. The molecule has 0 unspecified atom stereocenters. The quantitative estimate of drug-likeness (QED) is 0.629. The molecule has 94 valence electrons. The number of nitrogens with zero attached hydrogens (tertiary/aromatic N) is 1. The van der Waals surface area contributed by atoms with E-state index in [0.717, 1.165) is 25.2 Å². The van der Waals surface area contributed by atoms with Crippen LogP contribution in [0.25, 0.3) is 0 Å². The highest BCUT2D eigenvalue weighted by Crippen LogP contribution is 2.28. The second kappa shape index (κ2) is 6.13. The van der Waals surface area contributed by atoms with Crippen LogP contribution in [0.4, 0.5) is 11.4 Å². The van der Waals surface area contributed by atoms with Gasteiger partial charge in [0.05, 0.1) is 24.0 Å². The molecule has 0 radical (unpaired) electrons. The third-order valence-corrected chi connectivity index (χ3v) is 2.66. The zero-order chi connectivity index (χ0) is 12.8. The predicted octanol–water partition coefficient (Wildman–Crippen LogP) is 2.29. The minimum Gasteiger partial charge on any atom is -0.465 e. The molecule has 0 saturated heterocycles. The Morgan fingerprint density at radius 1 is 1.41 bits per heavy atom. The lowest BCUT2D eigenvalue weighted by atomic mass is 10.1. The van der Waals surface area contributed by atoms with Crippen LogP contribution in [0.5, 0.6) is 0 Å². The molecule has 0 heterocycles. The number of para-hydroxylation sites is 1. The molecule has 1 aromatic carbocycles. The SMILES string of the molecule is CCCN(CC)c1c(N)cccc1C(=O)OC. The van der Waals surface area contributed by atoms with Gasteiger partial charge in [0.1, 0.15) is 0 Å². The maximum absolute atomic E-state index is 11.7. The summed E-state index contributed by atoms with van der Waals surface area (Å²) in [5, 5.41) is 0. The fourth-order valence-corrected chi connectivity index (χ4v) is 1.89. The molecule has 4 heteroatoms. The van der Waals surface area contributed by atoms with Gasteiger partial charge in [-0.25, -0.2) is 4.79 Å². The molecule has 0 aliphatic heterocycles. The van der Waals surface area contributed by atoms with Crippen LogP contribution in [0.1, 0.15) is 30.6 Å². The number of nitrogen functional groups attached to an aromatic ring is 1. The van der Waals surface area contributed by atoms with Crippen LogP contribution in [-0.4, -0.2) is 26.2 Å². The number of benzene rings is 1. The number of ether oxygens (including phenoxy) is 1. The van der Waals surface area contributed by atoms with Crippen LogP contribution < -0.4 is 10.6 Å². The first-order chi connectivity index (χ1) is 8.15. The van der Waals surface area contributed by atoms with Gasteiger partial charge in [-0.1, -0.05) is 13.0 Å². The number of hydrogen-bond donors (Lipinski definition) is 1. The molecule has 17 heavy (non-hydrogen) atoms. The summed E-state index contributed by atoms with van der Waals surface area (Å²) in [7, 11) is 1.38. The zero-order valence-electron chi connectivity index (χ0n) is 10.7. The molecule has 0 bridgehead atoms. The zero-order valence-corrected chi connectivity index (χ0v) is 10.7. The molecule has 0 aliphatic carbocycles. The summed E-state index contributed by atoms with van der Waals surface area (Å²) >= 11 is 0. The van der Waals surface area contributed by atoms with E-state index in [1.54, 1.807) is 18.2 Å². The minimum absolute atomic E-state index is 0.346. The van der Waals surface area contributed by atoms with Crippen molar-refractivity contribution in [1.82, 2.24) is 0 Å². The predicted molar refractivity (Wildman–Crippen MR) is 70.4 cm³/mol. The Hall–Kier alpha value is -1.71. The van der Waals surface area contributed by atoms with Crippen molar-refractivity contribution in [3.05, 3.63) is 23.8 Å². The maximum atomic E-state index is 11.7. The second-order valence-corrected chi connectivity index (χ2v) is 3.81. The molecule has 0 aliphatic rings. The Kier molecular flexibility index (Phi) is 4.82. The number of rotatable bonds is 5. The number of esters is 1. The Labute approximate surface area is 102 Å². The molecular formula is C13H20N2O2. The van der Waals surface area contributed by atoms with E-state index in [9.17, 15) is 4.79 Å². The molecule has 0 atom stereocenters. The number of carbonyl (C=O) groups is 1. The number of anilines is 2. The van der Waals surface area contributed by atoms with Gasteiger partial charge in [0, 0.05) is 13.1 Å². The Morgan fingerprint density at radius 3 is 2.65 bits per heavy atom. The molecule has 4 nitrogen and oxygen atoms in total. The van der Waals surface area contributed by atoms with Crippen molar-refractivity contribution in [2.45, 2.75) is 20.3 Å². The van der Waals surface area contributed by atoms with E-state index in [-0.39, 0.29) is 5.97 Å². The van der Waals surface area contributed by atoms with Gasteiger partial charge in [-0.05, 0) is 25.5 Å². The molecular weight excluding hydrogens is 216 g/mol. The summed E-state index contributed by atoms with van der Waals surface area (Å²) in [4.78, 5) is 13.8. The average Bonchev–Trinajstić information content (AvgIpc) is 2.35. The van der Waals surface area contributed by atoms with Crippen molar-refractivity contribution in [2.24, 2.45) is 0 Å². The minimum atomic E-state index is -0.346. The van der Waals surface area contributed by atoms with Crippen molar-refractivity contribution in [3.8, 4) is 0 Å². The molecule has 1 rings (SSSR count). The third kappa shape index (κ3) is 2.90. The summed E-state index contributed by atoms with van der Waals surface area (Å²) in [5.41, 5.74) is 7.90. The summed E-state index contributed by atoms with van der Waals surface area (Å²) in [6.07, 6.45) is 1.00. The second-order valence-electron chi connectivity index (χ2n) is 3.81. The summed E-state index contributed by atoms with van der Waals surface area (Å²) in [6, 6.07) is 5.32. The number of methoxy groups -OCH3 is 1. The highest BCUT2D eigenvalue weighted by atomic mass is 16.5. The third-order valence-electron chi connectivity index (χ3n) is 2.66. The fraction of sp³-hybridized carbons (Fsp3) is 0.462. The van der Waals surface area contributed by atoms with Crippen molar-refractivity contribution < 1.29 is 9.53 Å². The van der Waals surface area contributed by atoms with Gasteiger partial charge < -0.3 is 15.4 Å². The average molecular weight is 236 g/mol. The molecule has 1 aromatic rings. The van der Waals surface area contributed by atoms with Crippen LogP contribution >= 0.6 is 0 Å². The topological polar surface area (TPSA) is 55.6 Å². The van der Waals surface area contributed by atoms with Gasteiger partial charge >= 0.3 is 5.97 Å². The van der Waals surface area contributed by atoms with Crippen molar-refractivity contribution in [3.63, 3.8) is 0 Å². The lowest BCUT2D eigenvalue weighted by Gasteiger charge is -2.26. The van der Waals surface area contributed by atoms with Crippen LogP contribution in [-0.2, 0) is 4.74 Å². The van der Waals surface area contributed by atoms with E-state index in [0.29, 0.717) is 11.3 Å².